The highest BCUT2D eigenvalue weighted by atomic mass is 16.7. The molecular formula is C13H15NO4. The Morgan fingerprint density at radius 1 is 1.67 bits per heavy atom. The standard InChI is InChI=1S/C13H15NO4/c1-7(2)10(15)17-11-9-4-8(3)5-13(9,6-14)12(16)18-11/h8-9,11H,1,4-5H2,2-3H3. The molecule has 5 nitrogen and oxygen atoms in total. The molecule has 4 unspecified atom stereocenters. The van der Waals surface area contributed by atoms with Gasteiger partial charge in [0.25, 0.3) is 6.29 Å². The molecule has 18 heavy (non-hydrogen) atoms. The smallest absolute Gasteiger partial charge is 0.336 e. The van der Waals surface area contributed by atoms with Crippen molar-refractivity contribution >= 4 is 11.9 Å². The van der Waals surface area contributed by atoms with Crippen LogP contribution in [0.5, 0.6) is 0 Å². The lowest BCUT2D eigenvalue weighted by Gasteiger charge is -2.18. The van der Waals surface area contributed by atoms with E-state index in [-0.39, 0.29) is 17.4 Å². The summed E-state index contributed by atoms with van der Waals surface area (Å²) in [7, 11) is 0. The van der Waals surface area contributed by atoms with Crippen LogP contribution in [0.25, 0.3) is 0 Å². The molecule has 1 saturated heterocycles. The van der Waals surface area contributed by atoms with Crippen molar-refractivity contribution in [3.05, 3.63) is 12.2 Å². The second-order valence-corrected chi connectivity index (χ2v) is 5.19. The molecule has 4 atom stereocenters. The van der Waals surface area contributed by atoms with Crippen LogP contribution in [-0.4, -0.2) is 18.2 Å². The first-order chi connectivity index (χ1) is 8.40. The molecule has 2 aliphatic rings. The van der Waals surface area contributed by atoms with Crippen LogP contribution < -0.4 is 0 Å². The van der Waals surface area contributed by atoms with Crippen LogP contribution in [0.1, 0.15) is 26.7 Å². The van der Waals surface area contributed by atoms with Gasteiger partial charge in [-0.2, -0.15) is 5.26 Å². The van der Waals surface area contributed by atoms with Crippen molar-refractivity contribution < 1.29 is 19.1 Å². The van der Waals surface area contributed by atoms with Gasteiger partial charge in [0.05, 0.1) is 12.0 Å². The van der Waals surface area contributed by atoms with Gasteiger partial charge in [-0.3, -0.25) is 4.79 Å². The Balaban J connectivity index is 2.22. The van der Waals surface area contributed by atoms with E-state index in [0.717, 1.165) is 0 Å². The van der Waals surface area contributed by atoms with E-state index in [9.17, 15) is 14.9 Å². The Morgan fingerprint density at radius 2 is 2.33 bits per heavy atom. The van der Waals surface area contributed by atoms with E-state index in [1.807, 2.05) is 6.92 Å². The summed E-state index contributed by atoms with van der Waals surface area (Å²) in [4.78, 5) is 23.3. The number of carbonyl (C=O) groups excluding carboxylic acids is 2. The number of rotatable bonds is 2. The summed E-state index contributed by atoms with van der Waals surface area (Å²) in [6, 6.07) is 2.06. The maximum atomic E-state index is 11.9. The second kappa shape index (κ2) is 4.13. The minimum Gasteiger partial charge on any atom is -0.424 e. The minimum absolute atomic E-state index is 0.242. The summed E-state index contributed by atoms with van der Waals surface area (Å²) in [5.74, 6) is -1.29. The van der Waals surface area contributed by atoms with Gasteiger partial charge in [-0.15, -0.1) is 0 Å². The quantitative estimate of drug-likeness (QED) is 0.548. The zero-order valence-electron chi connectivity index (χ0n) is 10.4. The van der Waals surface area contributed by atoms with Crippen molar-refractivity contribution in [3.63, 3.8) is 0 Å². The van der Waals surface area contributed by atoms with Gasteiger partial charge in [0.2, 0.25) is 0 Å². The van der Waals surface area contributed by atoms with Gasteiger partial charge in [-0.05, 0) is 25.7 Å². The van der Waals surface area contributed by atoms with Crippen molar-refractivity contribution in [2.24, 2.45) is 17.3 Å². The minimum atomic E-state index is -1.14. The second-order valence-electron chi connectivity index (χ2n) is 5.19. The number of hydrogen-bond donors (Lipinski definition) is 0. The predicted molar refractivity (Wildman–Crippen MR) is 60.7 cm³/mol. The molecule has 0 aromatic carbocycles. The predicted octanol–water partition coefficient (Wildman–Crippen LogP) is 1.54. The van der Waals surface area contributed by atoms with E-state index in [1.165, 1.54) is 6.92 Å². The fraction of sp³-hybridized carbons (Fsp3) is 0.615. The molecule has 0 amide bonds. The molecule has 1 heterocycles. The number of nitriles is 1. The molecule has 5 heteroatoms. The molecule has 96 valence electrons. The van der Waals surface area contributed by atoms with Crippen molar-refractivity contribution in [2.45, 2.75) is 33.0 Å². The van der Waals surface area contributed by atoms with E-state index in [1.54, 1.807) is 0 Å². The largest absolute Gasteiger partial charge is 0.424 e. The number of carbonyl (C=O) groups is 2. The molecule has 0 bridgehead atoms. The van der Waals surface area contributed by atoms with Crippen LogP contribution in [0.4, 0.5) is 0 Å². The summed E-state index contributed by atoms with van der Waals surface area (Å²) < 4.78 is 10.1. The third-order valence-electron chi connectivity index (χ3n) is 3.65. The van der Waals surface area contributed by atoms with E-state index in [0.29, 0.717) is 12.8 Å². The normalized spacial score (nSPS) is 37.6. The maximum Gasteiger partial charge on any atom is 0.336 e. The fourth-order valence-electron chi connectivity index (χ4n) is 2.78. The first-order valence-electron chi connectivity index (χ1n) is 5.89. The lowest BCUT2D eigenvalue weighted by Crippen LogP contribution is -2.30. The van der Waals surface area contributed by atoms with Crippen molar-refractivity contribution in [1.82, 2.24) is 0 Å². The molecular weight excluding hydrogens is 234 g/mol. The number of ether oxygens (including phenoxy) is 2. The molecule has 0 spiro atoms. The molecule has 1 aliphatic heterocycles. The van der Waals surface area contributed by atoms with Crippen LogP contribution in [0.3, 0.4) is 0 Å². The van der Waals surface area contributed by atoms with Crippen molar-refractivity contribution in [1.29, 1.82) is 5.26 Å². The highest BCUT2D eigenvalue weighted by Gasteiger charge is 2.63. The topological polar surface area (TPSA) is 76.4 Å². The number of hydrogen-bond acceptors (Lipinski definition) is 5. The Labute approximate surface area is 105 Å². The van der Waals surface area contributed by atoms with Crippen LogP contribution >= 0.6 is 0 Å². The first kappa shape index (κ1) is 12.6. The number of nitrogens with zero attached hydrogens (tertiary/aromatic N) is 1. The van der Waals surface area contributed by atoms with Gasteiger partial charge < -0.3 is 9.47 Å². The summed E-state index contributed by atoms with van der Waals surface area (Å²) in [6.45, 7) is 6.97. The third-order valence-corrected chi connectivity index (χ3v) is 3.65. The number of esters is 2. The zero-order valence-corrected chi connectivity index (χ0v) is 10.4. The molecule has 2 rings (SSSR count). The van der Waals surface area contributed by atoms with Crippen LogP contribution in [0, 0.1) is 28.6 Å². The molecule has 2 fully saturated rings. The van der Waals surface area contributed by atoms with E-state index < -0.39 is 23.6 Å². The summed E-state index contributed by atoms with van der Waals surface area (Å²) >= 11 is 0. The third kappa shape index (κ3) is 1.69. The van der Waals surface area contributed by atoms with E-state index in [2.05, 4.69) is 12.6 Å². The Kier molecular flexibility index (Phi) is 2.89. The highest BCUT2D eigenvalue weighted by molar-refractivity contribution is 5.88. The average Bonchev–Trinajstić information content (AvgIpc) is 2.76. The van der Waals surface area contributed by atoms with E-state index in [4.69, 9.17) is 9.47 Å². The summed E-state index contributed by atoms with van der Waals surface area (Å²) in [6.07, 6.45) is 0.160. The average molecular weight is 249 g/mol. The van der Waals surface area contributed by atoms with Crippen molar-refractivity contribution in [3.8, 4) is 6.07 Å². The number of cyclic esters (lactones) is 1. The molecule has 0 aromatic heterocycles. The lowest BCUT2D eigenvalue weighted by molar-refractivity contribution is -0.179. The van der Waals surface area contributed by atoms with Gasteiger partial charge in [0, 0.05) is 5.57 Å². The zero-order chi connectivity index (χ0) is 13.5. The SMILES string of the molecule is C=C(C)C(=O)OC1OC(=O)C2(C#N)CC(C)CC12. The van der Waals surface area contributed by atoms with Gasteiger partial charge in [-0.1, -0.05) is 13.5 Å². The van der Waals surface area contributed by atoms with Gasteiger partial charge >= 0.3 is 11.9 Å². The summed E-state index contributed by atoms with van der Waals surface area (Å²) in [5, 5.41) is 9.27. The molecule has 0 aromatic rings. The maximum absolute atomic E-state index is 11.9. The molecule has 0 radical (unpaired) electrons. The van der Waals surface area contributed by atoms with Crippen LogP contribution in [-0.2, 0) is 19.1 Å². The molecule has 1 saturated carbocycles. The van der Waals surface area contributed by atoms with Crippen LogP contribution in [0.2, 0.25) is 0 Å². The first-order valence-corrected chi connectivity index (χ1v) is 5.89. The molecule has 0 N–H and O–H groups in total. The summed E-state index contributed by atoms with van der Waals surface area (Å²) in [5.41, 5.74) is -0.897. The monoisotopic (exact) mass is 249 g/mol. The van der Waals surface area contributed by atoms with Crippen LogP contribution in [0.15, 0.2) is 12.2 Å². The van der Waals surface area contributed by atoms with Gasteiger partial charge in [0.15, 0.2) is 5.41 Å². The molecule has 1 aliphatic carbocycles. The Bertz CT molecular complexity index is 464. The van der Waals surface area contributed by atoms with Crippen molar-refractivity contribution in [2.75, 3.05) is 0 Å². The van der Waals surface area contributed by atoms with E-state index >= 15 is 0 Å². The van der Waals surface area contributed by atoms with Gasteiger partial charge in [0.1, 0.15) is 0 Å². The number of fused-ring (bicyclic) bond motifs is 1. The van der Waals surface area contributed by atoms with Gasteiger partial charge in [-0.25, -0.2) is 4.79 Å². The Morgan fingerprint density at radius 3 is 2.89 bits per heavy atom. The Hall–Kier alpha value is -1.83. The lowest BCUT2D eigenvalue weighted by atomic mass is 9.81. The fourth-order valence-corrected chi connectivity index (χ4v) is 2.78. The highest BCUT2D eigenvalue weighted by Crippen LogP contribution is 2.53.